The molecule has 0 radical (unpaired) electrons. The highest BCUT2D eigenvalue weighted by Crippen LogP contribution is 2.23. The number of imidazole rings is 1. The topological polar surface area (TPSA) is 90.2 Å². The summed E-state index contributed by atoms with van der Waals surface area (Å²) in [5.41, 5.74) is 9.38. The van der Waals surface area contributed by atoms with Crippen LogP contribution in [0.1, 0.15) is 13.8 Å². The van der Waals surface area contributed by atoms with Gasteiger partial charge in [0.05, 0.1) is 41.8 Å². The number of ether oxygens (including phenoxy) is 2. The number of methoxy groups -OCH3 is 2. The second kappa shape index (κ2) is 8.02. The molecule has 0 aliphatic heterocycles. The molecule has 0 aliphatic rings. The minimum Gasteiger partial charge on any atom is -0.497 e. The Labute approximate surface area is 149 Å². The molecule has 0 bridgehead atoms. The molecule has 0 saturated heterocycles. The second-order valence-electron chi connectivity index (χ2n) is 5.53. The van der Waals surface area contributed by atoms with Crippen LogP contribution >= 0.6 is 0 Å². The van der Waals surface area contributed by atoms with Crippen LogP contribution < -0.4 is 10.5 Å². The summed E-state index contributed by atoms with van der Waals surface area (Å²) in [5, 5.41) is 0.405. The van der Waals surface area contributed by atoms with Crippen molar-refractivity contribution in [1.82, 2.24) is 9.97 Å². The van der Waals surface area contributed by atoms with Crippen LogP contribution in [0.4, 0.5) is 0 Å². The summed E-state index contributed by atoms with van der Waals surface area (Å²) in [5.74, 6) is 1.59. The van der Waals surface area contributed by atoms with Gasteiger partial charge in [0.1, 0.15) is 11.5 Å². The molecule has 3 N–H and O–H groups in total. The molecule has 1 aromatic carbocycles. The molecular weight excluding hydrogens is 338 g/mol. The van der Waals surface area contributed by atoms with Crippen molar-refractivity contribution in [3.63, 3.8) is 0 Å². The molecular formula is C18H23N3O3S. The van der Waals surface area contributed by atoms with Crippen LogP contribution in [0.3, 0.4) is 0 Å². The van der Waals surface area contributed by atoms with Gasteiger partial charge in [0.25, 0.3) is 0 Å². The number of rotatable bonds is 7. The predicted octanol–water partition coefficient (Wildman–Crippen LogP) is 3.02. The number of hydrogen-bond donors (Lipinski definition) is 2. The van der Waals surface area contributed by atoms with Crippen molar-refractivity contribution in [2.45, 2.75) is 19.0 Å². The van der Waals surface area contributed by atoms with E-state index in [0.29, 0.717) is 22.2 Å². The highest BCUT2D eigenvalue weighted by Gasteiger charge is 2.15. The average molecular weight is 361 g/mol. The maximum Gasteiger partial charge on any atom is 0.197 e. The summed E-state index contributed by atoms with van der Waals surface area (Å²) in [6, 6.07) is 5.46. The molecule has 0 amide bonds. The number of aromatic amines is 1. The van der Waals surface area contributed by atoms with Crippen molar-refractivity contribution >= 4 is 21.8 Å². The highest BCUT2D eigenvalue weighted by molar-refractivity contribution is 7.85. The molecule has 2 aromatic rings. The van der Waals surface area contributed by atoms with Crippen molar-refractivity contribution in [1.29, 1.82) is 0 Å². The monoisotopic (exact) mass is 361 g/mol. The quantitative estimate of drug-likeness (QED) is 0.584. The largest absolute Gasteiger partial charge is 0.497 e. The zero-order valence-corrected chi connectivity index (χ0v) is 15.7. The van der Waals surface area contributed by atoms with Gasteiger partial charge in [-0.1, -0.05) is 6.58 Å². The molecule has 0 aliphatic carbocycles. The van der Waals surface area contributed by atoms with E-state index in [9.17, 15) is 4.21 Å². The molecule has 1 unspecified atom stereocenters. The van der Waals surface area contributed by atoms with Crippen molar-refractivity contribution in [3.05, 3.63) is 53.5 Å². The predicted molar refractivity (Wildman–Crippen MR) is 101 cm³/mol. The van der Waals surface area contributed by atoms with Gasteiger partial charge in [-0.3, -0.25) is 4.21 Å². The molecule has 0 fully saturated rings. The number of fused-ring (bicyclic) bond motifs is 1. The van der Waals surface area contributed by atoms with Crippen LogP contribution in [0.5, 0.6) is 5.75 Å². The van der Waals surface area contributed by atoms with Gasteiger partial charge in [-0.25, -0.2) is 4.98 Å². The zero-order chi connectivity index (χ0) is 18.6. The molecule has 134 valence electrons. The maximum absolute atomic E-state index is 12.7. The number of benzene rings is 1. The number of nitrogens with two attached hydrogens (primary N) is 1. The first-order valence-electron chi connectivity index (χ1n) is 7.65. The van der Waals surface area contributed by atoms with E-state index in [1.807, 2.05) is 32.0 Å². The summed E-state index contributed by atoms with van der Waals surface area (Å²) in [7, 11) is 1.81. The second-order valence-corrected chi connectivity index (χ2v) is 6.89. The van der Waals surface area contributed by atoms with Crippen molar-refractivity contribution in [3.8, 4) is 5.75 Å². The summed E-state index contributed by atoms with van der Waals surface area (Å²) >= 11 is 0. The standard InChI is InChI=1S/C18H23N3O3S/c1-11(9-19)17(24-5)13(3)12(2)10-25(22)18-20-15-7-6-14(23-4)8-16(15)21-18/h6-9H,2,10,19H2,1,3-5H3,(H,20,21)/b11-9-,17-13+. The van der Waals surface area contributed by atoms with E-state index in [0.717, 1.165) is 22.2 Å². The molecule has 6 nitrogen and oxygen atoms in total. The molecule has 2 rings (SSSR count). The van der Waals surface area contributed by atoms with Crippen molar-refractivity contribution in [2.24, 2.45) is 5.73 Å². The van der Waals surface area contributed by atoms with Gasteiger partial charge in [-0.05, 0) is 37.1 Å². The zero-order valence-electron chi connectivity index (χ0n) is 14.9. The first-order chi connectivity index (χ1) is 11.9. The van der Waals surface area contributed by atoms with E-state index in [-0.39, 0.29) is 5.75 Å². The lowest BCUT2D eigenvalue weighted by Crippen LogP contribution is -2.06. The van der Waals surface area contributed by atoms with E-state index in [1.165, 1.54) is 6.20 Å². The van der Waals surface area contributed by atoms with E-state index in [1.54, 1.807) is 14.2 Å². The lowest BCUT2D eigenvalue weighted by Gasteiger charge is -2.13. The van der Waals surface area contributed by atoms with Crippen LogP contribution in [-0.4, -0.2) is 34.1 Å². The molecule has 0 saturated carbocycles. The van der Waals surface area contributed by atoms with Gasteiger partial charge in [-0.2, -0.15) is 0 Å². The van der Waals surface area contributed by atoms with Gasteiger partial charge in [-0.15, -0.1) is 0 Å². The fraction of sp³-hybridized carbons (Fsp3) is 0.278. The number of nitrogens with one attached hydrogen (secondary N) is 1. The Morgan fingerprint density at radius 3 is 2.72 bits per heavy atom. The third kappa shape index (κ3) is 4.11. The van der Waals surface area contributed by atoms with Crippen LogP contribution in [0.25, 0.3) is 11.0 Å². The molecule has 1 heterocycles. The van der Waals surface area contributed by atoms with Crippen molar-refractivity contribution in [2.75, 3.05) is 20.0 Å². The van der Waals surface area contributed by atoms with Gasteiger partial charge in [0.2, 0.25) is 0 Å². The number of aromatic nitrogens is 2. The Hall–Kier alpha value is -2.54. The summed E-state index contributed by atoms with van der Waals surface area (Å²) in [4.78, 5) is 7.47. The van der Waals surface area contributed by atoms with Crippen LogP contribution in [0, 0.1) is 0 Å². The number of allylic oxidation sites excluding steroid dienone is 2. The Morgan fingerprint density at radius 1 is 1.40 bits per heavy atom. The van der Waals surface area contributed by atoms with E-state index in [4.69, 9.17) is 15.2 Å². The Morgan fingerprint density at radius 2 is 2.12 bits per heavy atom. The van der Waals surface area contributed by atoms with Gasteiger partial charge in [0.15, 0.2) is 5.16 Å². The van der Waals surface area contributed by atoms with Crippen LogP contribution in [0.15, 0.2) is 58.6 Å². The van der Waals surface area contributed by atoms with Crippen LogP contribution in [-0.2, 0) is 15.5 Å². The SMILES string of the molecule is C=C(CS(=O)c1nc2ccc(OC)cc2[nH]1)/C(C)=C(OC)\C(C)=C/N. The normalized spacial score (nSPS) is 14.2. The van der Waals surface area contributed by atoms with Gasteiger partial charge in [0, 0.05) is 17.8 Å². The Bertz CT molecular complexity index is 881. The minimum atomic E-state index is -1.36. The molecule has 0 spiro atoms. The summed E-state index contributed by atoms with van der Waals surface area (Å²) < 4.78 is 23.2. The molecule has 1 atom stereocenters. The number of H-pyrrole nitrogens is 1. The summed E-state index contributed by atoms with van der Waals surface area (Å²) in [6.45, 7) is 7.74. The minimum absolute atomic E-state index is 0.244. The number of hydrogen-bond acceptors (Lipinski definition) is 5. The third-order valence-corrected chi connectivity index (χ3v) is 5.11. The van der Waals surface area contributed by atoms with Gasteiger partial charge >= 0.3 is 0 Å². The lowest BCUT2D eigenvalue weighted by atomic mass is 10.1. The average Bonchev–Trinajstić information content (AvgIpc) is 3.04. The first kappa shape index (κ1) is 18.8. The fourth-order valence-electron chi connectivity index (χ4n) is 2.38. The summed E-state index contributed by atoms with van der Waals surface area (Å²) in [6.07, 6.45) is 1.47. The van der Waals surface area contributed by atoms with Gasteiger partial charge < -0.3 is 20.2 Å². The molecule has 1 aromatic heterocycles. The van der Waals surface area contributed by atoms with E-state index in [2.05, 4.69) is 16.5 Å². The van der Waals surface area contributed by atoms with E-state index < -0.39 is 10.8 Å². The van der Waals surface area contributed by atoms with Crippen molar-refractivity contribution < 1.29 is 13.7 Å². The van der Waals surface area contributed by atoms with Crippen LogP contribution in [0.2, 0.25) is 0 Å². The first-order valence-corrected chi connectivity index (χ1v) is 8.97. The maximum atomic E-state index is 12.7. The highest BCUT2D eigenvalue weighted by atomic mass is 32.2. The number of nitrogens with zero attached hydrogens (tertiary/aromatic N) is 1. The fourth-order valence-corrected chi connectivity index (χ4v) is 3.47. The molecule has 7 heteroatoms. The lowest BCUT2D eigenvalue weighted by molar-refractivity contribution is 0.297. The Balaban J connectivity index is 2.24. The Kier molecular flexibility index (Phi) is 6.03. The van der Waals surface area contributed by atoms with E-state index >= 15 is 0 Å². The third-order valence-electron chi connectivity index (χ3n) is 3.87. The molecule has 25 heavy (non-hydrogen) atoms. The smallest absolute Gasteiger partial charge is 0.197 e.